The molecule has 0 rings (SSSR count). The highest BCUT2D eigenvalue weighted by molar-refractivity contribution is 5.76. The summed E-state index contributed by atoms with van der Waals surface area (Å²) < 4.78 is 5.50. The first-order valence-electron chi connectivity index (χ1n) is 30.6. The second-order valence-corrected chi connectivity index (χ2v) is 21.0. The van der Waals surface area contributed by atoms with Gasteiger partial charge in [0, 0.05) is 12.8 Å². The number of ether oxygens (including phenoxy) is 1. The second kappa shape index (κ2) is 57.9. The van der Waals surface area contributed by atoms with E-state index in [1.54, 1.807) is 6.08 Å². The fourth-order valence-electron chi connectivity index (χ4n) is 9.51. The van der Waals surface area contributed by atoms with Crippen LogP contribution in [0.3, 0.4) is 0 Å². The largest absolute Gasteiger partial charge is 0.466 e. The number of unbranched alkanes of at least 4 members (excludes halogenated alkanes) is 44. The lowest BCUT2D eigenvalue weighted by molar-refractivity contribution is -0.143. The molecule has 6 heteroatoms. The SMILES string of the molecule is CCCCCCCC/C=C\CCCCCCCCCCCC(=O)OCCCCCCCCCCCCCCCCCCCCCCCCC(=O)NC(CO)C(O)/C=C/CCCCCCCCCC. The molecular weight excluding hydrogens is 839 g/mol. The number of hydrogen-bond acceptors (Lipinski definition) is 5. The zero-order valence-electron chi connectivity index (χ0n) is 45.9. The Kier molecular flexibility index (Phi) is 56.5. The van der Waals surface area contributed by atoms with E-state index in [9.17, 15) is 19.8 Å². The summed E-state index contributed by atoms with van der Waals surface area (Å²) in [7, 11) is 0. The molecule has 0 aliphatic heterocycles. The van der Waals surface area contributed by atoms with Gasteiger partial charge in [0.2, 0.25) is 5.91 Å². The van der Waals surface area contributed by atoms with Crippen molar-refractivity contribution in [3.05, 3.63) is 24.3 Å². The predicted molar refractivity (Wildman–Crippen MR) is 296 cm³/mol. The van der Waals surface area contributed by atoms with Crippen LogP contribution < -0.4 is 5.32 Å². The number of carbonyl (C=O) groups excluding carboxylic acids is 2. The molecule has 3 N–H and O–H groups in total. The van der Waals surface area contributed by atoms with Crippen molar-refractivity contribution in [1.82, 2.24) is 5.32 Å². The third kappa shape index (κ3) is 53.7. The minimum Gasteiger partial charge on any atom is -0.466 e. The molecule has 0 aromatic carbocycles. The fraction of sp³-hybridized carbons (Fsp3) is 0.903. The Morgan fingerprint density at radius 2 is 0.691 bits per heavy atom. The van der Waals surface area contributed by atoms with Crippen molar-refractivity contribution in [2.24, 2.45) is 0 Å². The first-order chi connectivity index (χ1) is 33.5. The average molecular weight is 959 g/mol. The van der Waals surface area contributed by atoms with E-state index in [0.717, 1.165) is 44.9 Å². The van der Waals surface area contributed by atoms with Crippen LogP contribution in [-0.4, -0.2) is 47.4 Å². The molecule has 0 aliphatic rings. The number of rotatable bonds is 57. The van der Waals surface area contributed by atoms with Gasteiger partial charge in [0.25, 0.3) is 0 Å². The number of nitrogens with one attached hydrogen (secondary N) is 1. The minimum absolute atomic E-state index is 0.0124. The maximum atomic E-state index is 12.4. The van der Waals surface area contributed by atoms with Gasteiger partial charge >= 0.3 is 5.97 Å². The highest BCUT2D eigenvalue weighted by Gasteiger charge is 2.18. The molecule has 0 aromatic rings. The van der Waals surface area contributed by atoms with Crippen molar-refractivity contribution < 1.29 is 24.5 Å². The van der Waals surface area contributed by atoms with Gasteiger partial charge in [-0.1, -0.05) is 289 Å². The van der Waals surface area contributed by atoms with Gasteiger partial charge < -0.3 is 20.3 Å². The van der Waals surface area contributed by atoms with Gasteiger partial charge in [-0.15, -0.1) is 0 Å². The lowest BCUT2D eigenvalue weighted by Crippen LogP contribution is -2.45. The molecule has 0 saturated carbocycles. The molecule has 6 nitrogen and oxygen atoms in total. The van der Waals surface area contributed by atoms with Crippen molar-refractivity contribution in [2.75, 3.05) is 13.2 Å². The van der Waals surface area contributed by atoms with Gasteiger partial charge in [0.15, 0.2) is 0 Å². The molecule has 0 saturated heterocycles. The van der Waals surface area contributed by atoms with Crippen molar-refractivity contribution in [2.45, 2.75) is 347 Å². The molecule has 0 spiro atoms. The summed E-state index contributed by atoms with van der Waals surface area (Å²) in [6.07, 6.45) is 70.8. The van der Waals surface area contributed by atoms with Crippen LogP contribution in [0.4, 0.5) is 0 Å². The third-order valence-corrected chi connectivity index (χ3v) is 14.2. The quantitative estimate of drug-likeness (QED) is 0.0321. The highest BCUT2D eigenvalue weighted by Crippen LogP contribution is 2.17. The third-order valence-electron chi connectivity index (χ3n) is 14.2. The van der Waals surface area contributed by atoms with Gasteiger partial charge in [-0.05, 0) is 57.8 Å². The smallest absolute Gasteiger partial charge is 0.305 e. The Balaban J connectivity index is 3.35. The number of esters is 1. The standard InChI is InChI=1S/C62H119NO5/c1-3-5-7-9-11-13-15-16-17-18-23-27-30-33-36-40-44-48-52-56-62(67)68-57-53-49-45-41-37-34-31-28-25-22-20-19-21-24-26-29-32-35-39-43-47-51-55-61(66)63-59(58-64)60(65)54-50-46-42-38-14-12-10-8-6-4-2/h16-17,50,54,59-60,64-65H,3-15,18-49,51-53,55-58H2,1-2H3,(H,63,66)/b17-16-,54-50+. The maximum Gasteiger partial charge on any atom is 0.305 e. The van der Waals surface area contributed by atoms with Gasteiger partial charge in [-0.25, -0.2) is 0 Å². The Morgan fingerprint density at radius 1 is 0.397 bits per heavy atom. The normalized spacial score (nSPS) is 12.7. The summed E-state index contributed by atoms with van der Waals surface area (Å²) in [5.41, 5.74) is 0. The van der Waals surface area contributed by atoms with Gasteiger partial charge in [-0.3, -0.25) is 9.59 Å². The Hall–Kier alpha value is -1.66. The molecule has 0 aliphatic carbocycles. The summed E-state index contributed by atoms with van der Waals surface area (Å²) in [5.74, 6) is -0.0568. The number of aliphatic hydroxyl groups excluding tert-OH is 2. The molecular formula is C62H119NO5. The molecule has 0 fully saturated rings. The van der Waals surface area contributed by atoms with Crippen LogP contribution in [0.2, 0.25) is 0 Å². The number of allylic oxidation sites excluding steroid dienone is 3. The van der Waals surface area contributed by atoms with Gasteiger partial charge in [0.1, 0.15) is 0 Å². The highest BCUT2D eigenvalue weighted by atomic mass is 16.5. The fourth-order valence-corrected chi connectivity index (χ4v) is 9.51. The second-order valence-electron chi connectivity index (χ2n) is 21.0. The monoisotopic (exact) mass is 958 g/mol. The van der Waals surface area contributed by atoms with Crippen LogP contribution in [0.15, 0.2) is 24.3 Å². The van der Waals surface area contributed by atoms with Crippen molar-refractivity contribution in [3.8, 4) is 0 Å². The number of carbonyl (C=O) groups is 2. The molecule has 1 amide bonds. The molecule has 68 heavy (non-hydrogen) atoms. The Labute approximate surface area is 424 Å². The number of amides is 1. The van der Waals surface area contributed by atoms with Gasteiger partial charge in [0.05, 0.1) is 25.4 Å². The lowest BCUT2D eigenvalue weighted by Gasteiger charge is -2.20. The van der Waals surface area contributed by atoms with Crippen LogP contribution in [0.5, 0.6) is 0 Å². The molecule has 2 unspecified atom stereocenters. The molecule has 0 heterocycles. The first kappa shape index (κ1) is 66.3. The van der Waals surface area contributed by atoms with Crippen molar-refractivity contribution >= 4 is 11.9 Å². The minimum atomic E-state index is -0.842. The summed E-state index contributed by atoms with van der Waals surface area (Å²) in [5, 5.41) is 23.0. The van der Waals surface area contributed by atoms with Crippen LogP contribution in [0.25, 0.3) is 0 Å². The average Bonchev–Trinajstić information content (AvgIpc) is 3.34. The summed E-state index contributed by atoms with van der Waals surface area (Å²) >= 11 is 0. The molecule has 0 aromatic heterocycles. The van der Waals surface area contributed by atoms with Crippen LogP contribution in [0.1, 0.15) is 335 Å². The van der Waals surface area contributed by atoms with Crippen LogP contribution >= 0.6 is 0 Å². The summed E-state index contributed by atoms with van der Waals surface area (Å²) in [4.78, 5) is 24.5. The Bertz CT molecular complexity index is 1060. The molecule has 402 valence electrons. The lowest BCUT2D eigenvalue weighted by atomic mass is 10.0. The summed E-state index contributed by atoms with van der Waals surface area (Å²) in [6.45, 7) is 4.89. The molecule has 2 atom stereocenters. The number of hydrogen-bond donors (Lipinski definition) is 3. The van der Waals surface area contributed by atoms with E-state index in [1.165, 1.54) is 263 Å². The van der Waals surface area contributed by atoms with Crippen molar-refractivity contribution in [1.29, 1.82) is 0 Å². The van der Waals surface area contributed by atoms with E-state index in [0.29, 0.717) is 19.4 Å². The zero-order valence-corrected chi connectivity index (χ0v) is 45.9. The van der Waals surface area contributed by atoms with Crippen molar-refractivity contribution in [3.63, 3.8) is 0 Å². The topological polar surface area (TPSA) is 95.9 Å². The number of aliphatic hydroxyl groups is 2. The molecule has 0 radical (unpaired) electrons. The van der Waals surface area contributed by atoms with Gasteiger partial charge in [-0.2, -0.15) is 0 Å². The van der Waals surface area contributed by atoms with E-state index in [-0.39, 0.29) is 18.5 Å². The molecule has 0 bridgehead atoms. The van der Waals surface area contributed by atoms with Crippen LogP contribution in [-0.2, 0) is 14.3 Å². The van der Waals surface area contributed by atoms with E-state index in [2.05, 4.69) is 31.3 Å². The first-order valence-corrected chi connectivity index (χ1v) is 30.6. The van der Waals surface area contributed by atoms with E-state index in [4.69, 9.17) is 4.74 Å². The zero-order chi connectivity index (χ0) is 49.3. The van der Waals surface area contributed by atoms with E-state index < -0.39 is 12.1 Å². The van der Waals surface area contributed by atoms with E-state index in [1.807, 2.05) is 6.08 Å². The summed E-state index contributed by atoms with van der Waals surface area (Å²) in [6, 6.07) is -0.626. The van der Waals surface area contributed by atoms with E-state index >= 15 is 0 Å². The maximum absolute atomic E-state index is 12.4. The predicted octanol–water partition coefficient (Wildman–Crippen LogP) is 19.0. The Morgan fingerprint density at radius 3 is 1.04 bits per heavy atom. The van der Waals surface area contributed by atoms with Crippen LogP contribution in [0, 0.1) is 0 Å².